The minimum absolute atomic E-state index is 0.123. The molecule has 0 bridgehead atoms. The van der Waals surface area contributed by atoms with Gasteiger partial charge in [0.1, 0.15) is 17.0 Å². The summed E-state index contributed by atoms with van der Waals surface area (Å²) >= 11 is 0. The van der Waals surface area contributed by atoms with Gasteiger partial charge in [-0.3, -0.25) is 14.2 Å². The van der Waals surface area contributed by atoms with Crippen LogP contribution < -0.4 is 21.1 Å². The van der Waals surface area contributed by atoms with E-state index in [0.29, 0.717) is 40.3 Å². The summed E-state index contributed by atoms with van der Waals surface area (Å²) in [5.41, 5.74) is 2.79. The van der Waals surface area contributed by atoms with Gasteiger partial charge in [-0.15, -0.1) is 0 Å². The molecular weight excluding hydrogens is 559 g/mol. The van der Waals surface area contributed by atoms with Crippen molar-refractivity contribution in [2.45, 2.75) is 19.6 Å². The molecule has 0 atom stereocenters. The first-order valence-corrected chi connectivity index (χ1v) is 13.2. The lowest BCUT2D eigenvalue weighted by Gasteiger charge is -2.14. The van der Waals surface area contributed by atoms with Crippen LogP contribution in [0.5, 0.6) is 0 Å². The third-order valence-corrected chi connectivity index (χ3v) is 6.87. The number of hydrogen-bond acceptors (Lipinski definition) is 7. The van der Waals surface area contributed by atoms with Crippen LogP contribution in [0.3, 0.4) is 0 Å². The van der Waals surface area contributed by atoms with E-state index in [0.717, 1.165) is 23.5 Å². The van der Waals surface area contributed by atoms with Crippen LogP contribution in [0.25, 0.3) is 22.4 Å². The van der Waals surface area contributed by atoms with Crippen molar-refractivity contribution in [3.63, 3.8) is 0 Å². The molecule has 0 spiro atoms. The van der Waals surface area contributed by atoms with E-state index in [1.807, 2.05) is 43.3 Å². The fourth-order valence-electron chi connectivity index (χ4n) is 4.48. The average molecular weight is 588 g/mol. The van der Waals surface area contributed by atoms with Crippen molar-refractivity contribution < 1.29 is 18.0 Å². The van der Waals surface area contributed by atoms with Gasteiger partial charge >= 0.3 is 6.18 Å². The first-order chi connectivity index (χ1) is 20.4. The molecule has 2 N–H and O–H groups in total. The number of benzene rings is 3. The third kappa shape index (κ3) is 6.32. The zero-order valence-corrected chi connectivity index (χ0v) is 23.8. The number of hydrogen-bond donors (Lipinski definition) is 2. The van der Waals surface area contributed by atoms with Crippen LogP contribution in [0.2, 0.25) is 0 Å². The number of carbonyl (C=O) groups is 1. The highest BCUT2D eigenvalue weighted by Gasteiger charge is 2.31. The van der Waals surface area contributed by atoms with Gasteiger partial charge in [-0.2, -0.15) is 13.2 Å². The number of carbonyl (C=O) groups excluding carboxylic acids is 1. The molecule has 9 nitrogen and oxygen atoms in total. The van der Waals surface area contributed by atoms with Crippen LogP contribution in [0, 0.1) is 6.92 Å². The van der Waals surface area contributed by atoms with Gasteiger partial charge in [0.2, 0.25) is 0 Å². The largest absolute Gasteiger partial charge is 0.416 e. The molecule has 220 valence electrons. The second-order valence-electron chi connectivity index (χ2n) is 10.2. The molecule has 5 aromatic rings. The summed E-state index contributed by atoms with van der Waals surface area (Å²) in [4.78, 5) is 41.7. The van der Waals surface area contributed by atoms with Gasteiger partial charge < -0.3 is 15.5 Å². The summed E-state index contributed by atoms with van der Waals surface area (Å²) in [6.07, 6.45) is -3.03. The SMILES string of the molecule is Cc1ccc(NC(=O)c2cccc(C(F)(F)F)c2)cc1-c1nc2cnc(CNc3cccc(N(C)C)c3)nc2n(C)c1=O. The van der Waals surface area contributed by atoms with E-state index in [-0.39, 0.29) is 11.3 Å². The van der Waals surface area contributed by atoms with Gasteiger partial charge in [-0.1, -0.05) is 18.2 Å². The van der Waals surface area contributed by atoms with Gasteiger partial charge in [0.15, 0.2) is 5.65 Å². The second kappa shape index (κ2) is 11.6. The van der Waals surface area contributed by atoms with Crippen molar-refractivity contribution in [3.8, 4) is 11.3 Å². The predicted octanol–water partition coefficient (Wildman–Crippen LogP) is 5.65. The number of alkyl halides is 3. The highest BCUT2D eigenvalue weighted by molar-refractivity contribution is 6.04. The number of anilines is 3. The lowest BCUT2D eigenvalue weighted by molar-refractivity contribution is -0.137. The fourth-order valence-corrected chi connectivity index (χ4v) is 4.48. The Balaban J connectivity index is 1.41. The van der Waals surface area contributed by atoms with Gasteiger partial charge in [0.05, 0.1) is 18.3 Å². The maximum atomic E-state index is 13.4. The summed E-state index contributed by atoms with van der Waals surface area (Å²) in [5, 5.41) is 5.91. The number of aryl methyl sites for hydroxylation is 2. The van der Waals surface area contributed by atoms with Crippen LogP contribution >= 0.6 is 0 Å². The minimum atomic E-state index is -4.58. The predicted molar refractivity (Wildman–Crippen MR) is 160 cm³/mol. The van der Waals surface area contributed by atoms with E-state index in [1.165, 1.54) is 16.7 Å². The summed E-state index contributed by atoms with van der Waals surface area (Å²) in [6.45, 7) is 2.12. The number of aromatic nitrogens is 4. The number of rotatable bonds is 7. The molecule has 0 unspecified atom stereocenters. The number of nitrogens with zero attached hydrogens (tertiary/aromatic N) is 5. The molecule has 43 heavy (non-hydrogen) atoms. The molecule has 5 rings (SSSR count). The molecule has 2 heterocycles. The Hall–Kier alpha value is -5.26. The van der Waals surface area contributed by atoms with Crippen molar-refractivity contribution in [2.24, 2.45) is 7.05 Å². The Morgan fingerprint density at radius 2 is 1.74 bits per heavy atom. The van der Waals surface area contributed by atoms with Crippen molar-refractivity contribution in [3.05, 3.63) is 106 Å². The molecule has 0 aliphatic rings. The molecule has 1 amide bonds. The Morgan fingerprint density at radius 3 is 2.49 bits per heavy atom. The van der Waals surface area contributed by atoms with Crippen LogP contribution in [0.15, 0.2) is 77.7 Å². The zero-order chi connectivity index (χ0) is 30.9. The quantitative estimate of drug-likeness (QED) is 0.254. The molecule has 0 aliphatic heterocycles. The van der Waals surface area contributed by atoms with E-state index in [2.05, 4.69) is 25.6 Å². The lowest BCUT2D eigenvalue weighted by atomic mass is 10.0. The number of nitrogens with one attached hydrogen (secondary N) is 2. The van der Waals surface area contributed by atoms with Gasteiger partial charge in [-0.05, 0) is 61.0 Å². The molecular formula is C31H28F3N7O2. The lowest BCUT2D eigenvalue weighted by Crippen LogP contribution is -2.23. The van der Waals surface area contributed by atoms with Crippen molar-refractivity contribution >= 4 is 34.1 Å². The van der Waals surface area contributed by atoms with Crippen LogP contribution in [0.4, 0.5) is 30.2 Å². The zero-order valence-electron chi connectivity index (χ0n) is 23.8. The molecule has 0 saturated heterocycles. The summed E-state index contributed by atoms with van der Waals surface area (Å²) in [5.74, 6) is -0.244. The maximum Gasteiger partial charge on any atom is 0.416 e. The van der Waals surface area contributed by atoms with Crippen molar-refractivity contribution in [2.75, 3.05) is 29.6 Å². The van der Waals surface area contributed by atoms with E-state index in [4.69, 9.17) is 0 Å². The Morgan fingerprint density at radius 1 is 0.977 bits per heavy atom. The van der Waals surface area contributed by atoms with Crippen LogP contribution in [0.1, 0.15) is 27.3 Å². The van der Waals surface area contributed by atoms with Gasteiger partial charge in [0.25, 0.3) is 11.5 Å². The van der Waals surface area contributed by atoms with E-state index >= 15 is 0 Å². The normalized spacial score (nSPS) is 11.4. The Labute approximate surface area is 245 Å². The molecule has 0 saturated carbocycles. The summed E-state index contributed by atoms with van der Waals surface area (Å²) in [6, 6.07) is 16.9. The number of fused-ring (bicyclic) bond motifs is 1. The molecule has 0 aliphatic carbocycles. The van der Waals surface area contributed by atoms with Gasteiger partial charge in [0, 0.05) is 49.3 Å². The van der Waals surface area contributed by atoms with Gasteiger partial charge in [-0.25, -0.2) is 15.0 Å². The highest BCUT2D eigenvalue weighted by atomic mass is 19.4. The fraction of sp³-hybridized carbons (Fsp3) is 0.194. The first kappa shape index (κ1) is 29.2. The van der Waals surface area contributed by atoms with Crippen LogP contribution in [-0.4, -0.2) is 39.5 Å². The Bertz CT molecular complexity index is 1900. The smallest absolute Gasteiger partial charge is 0.378 e. The topological polar surface area (TPSA) is 105 Å². The maximum absolute atomic E-state index is 13.4. The number of halogens is 3. The average Bonchev–Trinajstić information content (AvgIpc) is 2.99. The van der Waals surface area contributed by atoms with Crippen LogP contribution in [-0.2, 0) is 19.8 Å². The summed E-state index contributed by atoms with van der Waals surface area (Å²) in [7, 11) is 5.51. The first-order valence-electron chi connectivity index (χ1n) is 13.2. The standard InChI is InChI=1S/C31H28F3N7O2/c1-18-11-12-22(37-29(42)19-7-5-8-20(13-19)31(32,33)34)15-24(18)27-30(43)41(4)28-25(38-27)16-36-26(39-28)17-35-21-9-6-10-23(14-21)40(2)3/h5-16,35H,17H2,1-4H3,(H,37,42). The Kier molecular flexibility index (Phi) is 7.85. The minimum Gasteiger partial charge on any atom is -0.378 e. The molecule has 0 fully saturated rings. The van der Waals surface area contributed by atoms with E-state index in [9.17, 15) is 22.8 Å². The molecule has 3 aromatic carbocycles. The highest BCUT2D eigenvalue weighted by Crippen LogP contribution is 2.30. The monoisotopic (exact) mass is 587 g/mol. The van der Waals surface area contributed by atoms with E-state index < -0.39 is 23.2 Å². The second-order valence-corrected chi connectivity index (χ2v) is 10.2. The molecule has 2 aromatic heterocycles. The number of amides is 1. The third-order valence-electron chi connectivity index (χ3n) is 6.87. The van der Waals surface area contributed by atoms with Crippen molar-refractivity contribution in [1.29, 1.82) is 0 Å². The molecule has 0 radical (unpaired) electrons. The van der Waals surface area contributed by atoms with Crippen molar-refractivity contribution in [1.82, 2.24) is 19.5 Å². The molecule has 12 heteroatoms. The van der Waals surface area contributed by atoms with E-state index in [1.54, 1.807) is 38.4 Å². The summed E-state index contributed by atoms with van der Waals surface area (Å²) < 4.78 is 40.7.